The van der Waals surface area contributed by atoms with Crippen molar-refractivity contribution < 1.29 is 18.0 Å². The first-order chi connectivity index (χ1) is 12.2. The number of carbonyl (C=O) groups excluding carboxylic acids is 1. The number of amides is 1. The molecule has 0 aromatic heterocycles. The lowest BCUT2D eigenvalue weighted by atomic mass is 9.87. The standard InChI is InChI=1S/C18H25ClF3N3O/c1-12(2)16(13-4-3-5-14(19)10-13)17(26)24-11-15(18(20,21)22)25-8-6-23-7-9-25/h3-5,10,12,15-16,23H,6-9,11H2,1-2H3,(H,24,26). The van der Waals surface area contributed by atoms with Gasteiger partial charge in [0.2, 0.25) is 5.91 Å². The highest BCUT2D eigenvalue weighted by atomic mass is 35.5. The number of carbonyl (C=O) groups is 1. The van der Waals surface area contributed by atoms with E-state index in [2.05, 4.69) is 10.6 Å². The van der Waals surface area contributed by atoms with E-state index in [9.17, 15) is 18.0 Å². The molecule has 8 heteroatoms. The van der Waals surface area contributed by atoms with Crippen LogP contribution in [0.25, 0.3) is 0 Å². The van der Waals surface area contributed by atoms with Crippen LogP contribution in [0.1, 0.15) is 25.3 Å². The molecule has 0 saturated carbocycles. The van der Waals surface area contributed by atoms with Gasteiger partial charge in [-0.25, -0.2) is 0 Å². The monoisotopic (exact) mass is 391 g/mol. The van der Waals surface area contributed by atoms with Gasteiger partial charge in [0.1, 0.15) is 6.04 Å². The Morgan fingerprint density at radius 1 is 1.31 bits per heavy atom. The van der Waals surface area contributed by atoms with Crippen LogP contribution in [0.15, 0.2) is 24.3 Å². The fourth-order valence-electron chi connectivity index (χ4n) is 3.29. The number of nitrogens with zero attached hydrogens (tertiary/aromatic N) is 1. The Bertz CT molecular complexity index is 604. The van der Waals surface area contributed by atoms with E-state index >= 15 is 0 Å². The maximum Gasteiger partial charge on any atom is 0.405 e. The normalized spacial score (nSPS) is 18.6. The van der Waals surface area contributed by atoms with Crippen molar-refractivity contribution >= 4 is 17.5 Å². The van der Waals surface area contributed by atoms with Gasteiger partial charge in [-0.1, -0.05) is 37.6 Å². The number of rotatable bonds is 6. The Kier molecular flexibility index (Phi) is 7.32. The quantitative estimate of drug-likeness (QED) is 0.783. The predicted molar refractivity (Wildman–Crippen MR) is 96.3 cm³/mol. The van der Waals surface area contributed by atoms with Gasteiger partial charge in [-0.2, -0.15) is 13.2 Å². The number of halogens is 4. The molecule has 26 heavy (non-hydrogen) atoms. The second kappa shape index (κ2) is 9.06. The molecule has 0 aliphatic carbocycles. The Morgan fingerprint density at radius 3 is 2.50 bits per heavy atom. The highest BCUT2D eigenvalue weighted by molar-refractivity contribution is 6.30. The zero-order valence-corrected chi connectivity index (χ0v) is 15.7. The van der Waals surface area contributed by atoms with E-state index in [4.69, 9.17) is 11.6 Å². The summed E-state index contributed by atoms with van der Waals surface area (Å²) in [5.74, 6) is -1.03. The van der Waals surface area contributed by atoms with Crippen molar-refractivity contribution in [3.8, 4) is 0 Å². The van der Waals surface area contributed by atoms with Crippen molar-refractivity contribution in [2.75, 3.05) is 32.7 Å². The third-order valence-electron chi connectivity index (χ3n) is 4.60. The van der Waals surface area contributed by atoms with Crippen LogP contribution in [0.3, 0.4) is 0 Å². The van der Waals surface area contributed by atoms with Gasteiger partial charge in [0.05, 0.1) is 5.92 Å². The maximum absolute atomic E-state index is 13.5. The van der Waals surface area contributed by atoms with Crippen LogP contribution in [0, 0.1) is 5.92 Å². The Labute approximate surface area is 157 Å². The number of nitrogens with one attached hydrogen (secondary N) is 2. The summed E-state index contributed by atoms with van der Waals surface area (Å²) in [5, 5.41) is 6.05. The first-order valence-corrected chi connectivity index (χ1v) is 9.12. The number of benzene rings is 1. The topological polar surface area (TPSA) is 44.4 Å². The minimum Gasteiger partial charge on any atom is -0.354 e. The molecule has 1 saturated heterocycles. The molecule has 146 valence electrons. The van der Waals surface area contributed by atoms with Gasteiger partial charge < -0.3 is 10.6 Å². The largest absolute Gasteiger partial charge is 0.405 e. The molecule has 0 spiro atoms. The SMILES string of the molecule is CC(C)C(C(=O)NCC(N1CCNCC1)C(F)(F)F)c1cccc(Cl)c1. The van der Waals surface area contributed by atoms with Crippen LogP contribution in [-0.4, -0.2) is 55.7 Å². The minimum atomic E-state index is -4.39. The van der Waals surface area contributed by atoms with Crippen LogP contribution in [0.2, 0.25) is 5.02 Å². The summed E-state index contributed by atoms with van der Waals surface area (Å²) in [7, 11) is 0. The summed E-state index contributed by atoms with van der Waals surface area (Å²) >= 11 is 5.99. The van der Waals surface area contributed by atoms with E-state index in [1.54, 1.807) is 24.3 Å². The molecular weight excluding hydrogens is 367 g/mol. The van der Waals surface area contributed by atoms with E-state index in [0.717, 1.165) is 0 Å². The molecule has 1 aliphatic heterocycles. The highest BCUT2D eigenvalue weighted by Crippen LogP contribution is 2.28. The van der Waals surface area contributed by atoms with Crippen molar-refractivity contribution in [3.63, 3.8) is 0 Å². The fourth-order valence-corrected chi connectivity index (χ4v) is 3.49. The van der Waals surface area contributed by atoms with Gasteiger partial charge in [0.25, 0.3) is 0 Å². The van der Waals surface area contributed by atoms with E-state index in [1.807, 2.05) is 13.8 Å². The summed E-state index contributed by atoms with van der Waals surface area (Å²) in [6.45, 7) is 4.91. The average molecular weight is 392 g/mol. The van der Waals surface area contributed by atoms with Crippen molar-refractivity contribution in [1.29, 1.82) is 0 Å². The zero-order chi connectivity index (χ0) is 19.3. The molecule has 2 rings (SSSR count). The third kappa shape index (κ3) is 5.59. The van der Waals surface area contributed by atoms with Crippen LogP contribution in [0.5, 0.6) is 0 Å². The first-order valence-electron chi connectivity index (χ1n) is 8.75. The van der Waals surface area contributed by atoms with E-state index in [1.165, 1.54) is 4.90 Å². The van der Waals surface area contributed by atoms with Crippen LogP contribution < -0.4 is 10.6 Å². The minimum absolute atomic E-state index is 0.0722. The number of piperazine rings is 1. The lowest BCUT2D eigenvalue weighted by molar-refractivity contribution is -0.184. The smallest absolute Gasteiger partial charge is 0.354 e. The Morgan fingerprint density at radius 2 is 1.96 bits per heavy atom. The summed E-state index contributed by atoms with van der Waals surface area (Å²) < 4.78 is 40.4. The molecule has 1 aromatic carbocycles. The summed E-state index contributed by atoms with van der Waals surface area (Å²) in [5.41, 5.74) is 0.704. The summed E-state index contributed by atoms with van der Waals surface area (Å²) in [6.07, 6.45) is -4.39. The maximum atomic E-state index is 13.5. The molecule has 2 N–H and O–H groups in total. The number of alkyl halides is 3. The highest BCUT2D eigenvalue weighted by Gasteiger charge is 2.44. The first kappa shape index (κ1) is 21.0. The van der Waals surface area contributed by atoms with Crippen molar-refractivity contribution in [1.82, 2.24) is 15.5 Å². The summed E-state index contributed by atoms with van der Waals surface area (Å²) in [4.78, 5) is 14.0. The average Bonchev–Trinajstić information content (AvgIpc) is 2.54. The second-order valence-electron chi connectivity index (χ2n) is 6.87. The van der Waals surface area contributed by atoms with Crippen molar-refractivity contribution in [2.45, 2.75) is 32.0 Å². The molecule has 1 fully saturated rings. The molecule has 0 radical (unpaired) electrons. The Hall–Kier alpha value is -1.31. The molecule has 1 heterocycles. The van der Waals surface area contributed by atoms with Gasteiger partial charge in [-0.3, -0.25) is 9.69 Å². The number of hydrogen-bond donors (Lipinski definition) is 2. The fraction of sp³-hybridized carbons (Fsp3) is 0.611. The predicted octanol–water partition coefficient (Wildman–Crippen LogP) is 3.03. The molecule has 1 amide bonds. The molecule has 0 bridgehead atoms. The number of hydrogen-bond acceptors (Lipinski definition) is 3. The van der Waals surface area contributed by atoms with Crippen molar-refractivity contribution in [2.24, 2.45) is 5.92 Å². The van der Waals surface area contributed by atoms with Gasteiger partial charge in [-0.15, -0.1) is 0 Å². The van der Waals surface area contributed by atoms with E-state index < -0.39 is 30.6 Å². The van der Waals surface area contributed by atoms with E-state index in [0.29, 0.717) is 36.8 Å². The summed E-state index contributed by atoms with van der Waals surface area (Å²) in [6, 6.07) is 5.21. The van der Waals surface area contributed by atoms with Crippen molar-refractivity contribution in [3.05, 3.63) is 34.9 Å². The lowest BCUT2D eigenvalue weighted by Crippen LogP contribution is -2.57. The second-order valence-corrected chi connectivity index (χ2v) is 7.30. The molecule has 1 aliphatic rings. The molecule has 2 unspecified atom stereocenters. The lowest BCUT2D eigenvalue weighted by Gasteiger charge is -2.36. The molecule has 1 aromatic rings. The third-order valence-corrected chi connectivity index (χ3v) is 4.83. The van der Waals surface area contributed by atoms with Gasteiger partial charge in [-0.05, 0) is 23.6 Å². The van der Waals surface area contributed by atoms with Crippen LogP contribution in [0.4, 0.5) is 13.2 Å². The Balaban J connectivity index is 2.09. The molecular formula is C18H25ClF3N3O. The van der Waals surface area contributed by atoms with Crippen LogP contribution in [-0.2, 0) is 4.79 Å². The van der Waals surface area contributed by atoms with Gasteiger partial charge in [0.15, 0.2) is 0 Å². The van der Waals surface area contributed by atoms with E-state index in [-0.39, 0.29) is 5.92 Å². The van der Waals surface area contributed by atoms with Crippen LogP contribution >= 0.6 is 11.6 Å². The molecule has 2 atom stereocenters. The van der Waals surface area contributed by atoms with Gasteiger partial charge >= 0.3 is 6.18 Å². The van der Waals surface area contributed by atoms with Gasteiger partial charge in [0, 0.05) is 37.7 Å². The zero-order valence-electron chi connectivity index (χ0n) is 14.9. The molecule has 4 nitrogen and oxygen atoms in total.